The van der Waals surface area contributed by atoms with Gasteiger partial charge in [-0.3, -0.25) is 4.79 Å². The number of amides is 1. The zero-order chi connectivity index (χ0) is 11.3. The average molecular weight is 273 g/mol. The van der Waals surface area contributed by atoms with Crippen LogP contribution in [0.1, 0.15) is 19.2 Å². The van der Waals surface area contributed by atoms with Gasteiger partial charge >= 0.3 is 0 Å². The van der Waals surface area contributed by atoms with Gasteiger partial charge in [-0.05, 0) is 15.9 Å². The molecule has 3 N–H and O–H groups in total. The number of carbonyl (C=O) groups excluding carboxylic acids is 1. The summed E-state index contributed by atoms with van der Waals surface area (Å²) in [5.74, 6) is 1.13. The lowest BCUT2D eigenvalue weighted by Gasteiger charge is -2.05. The van der Waals surface area contributed by atoms with E-state index in [1.165, 1.54) is 0 Å². The number of carbonyl (C=O) groups is 1. The summed E-state index contributed by atoms with van der Waals surface area (Å²) in [5, 5.41) is 3.01. The molecular weight excluding hydrogens is 260 g/mol. The molecule has 0 fully saturated rings. The monoisotopic (exact) mass is 272 g/mol. The number of aromatic nitrogens is 2. The van der Waals surface area contributed by atoms with Gasteiger partial charge in [0.1, 0.15) is 16.2 Å². The van der Waals surface area contributed by atoms with E-state index in [0.29, 0.717) is 18.8 Å². The van der Waals surface area contributed by atoms with E-state index >= 15 is 0 Å². The van der Waals surface area contributed by atoms with E-state index < -0.39 is 0 Å². The van der Waals surface area contributed by atoms with Gasteiger partial charge in [0.05, 0.1) is 0 Å². The Morgan fingerprint density at radius 1 is 1.60 bits per heavy atom. The Balaban J connectivity index is 2.60. The maximum Gasteiger partial charge on any atom is 0.219 e. The smallest absolute Gasteiger partial charge is 0.219 e. The third-order valence-corrected chi connectivity index (χ3v) is 2.14. The Hall–Kier alpha value is -1.17. The summed E-state index contributed by atoms with van der Waals surface area (Å²) < 4.78 is 0.732. The third kappa shape index (κ3) is 4.24. The fraction of sp³-hybridized carbons (Fsp3) is 0.444. The van der Waals surface area contributed by atoms with Crippen molar-refractivity contribution in [2.75, 3.05) is 11.9 Å². The molecule has 1 heterocycles. The maximum absolute atomic E-state index is 10.5. The van der Waals surface area contributed by atoms with Crippen molar-refractivity contribution in [3.05, 3.63) is 16.5 Å². The van der Waals surface area contributed by atoms with Crippen LogP contribution in [-0.2, 0) is 11.2 Å². The van der Waals surface area contributed by atoms with Crippen molar-refractivity contribution in [1.82, 2.24) is 9.97 Å². The molecule has 0 bridgehead atoms. The summed E-state index contributed by atoms with van der Waals surface area (Å²) >= 11 is 3.29. The normalized spacial score (nSPS) is 10.0. The standard InChI is InChI=1S/C9H13BrN4O/c1-2-8-13-6(10)5-9(14-8)12-4-3-7(11)15/h5H,2-4H2,1H3,(H2,11,15)(H,12,13,14). The molecule has 0 saturated carbocycles. The van der Waals surface area contributed by atoms with E-state index in [-0.39, 0.29) is 5.91 Å². The van der Waals surface area contributed by atoms with E-state index in [0.717, 1.165) is 16.8 Å². The van der Waals surface area contributed by atoms with Crippen molar-refractivity contribution < 1.29 is 4.79 Å². The van der Waals surface area contributed by atoms with Crippen LogP contribution in [0, 0.1) is 0 Å². The van der Waals surface area contributed by atoms with Crippen LogP contribution in [0.25, 0.3) is 0 Å². The summed E-state index contributed by atoms with van der Waals surface area (Å²) in [5.41, 5.74) is 5.02. The number of halogens is 1. The van der Waals surface area contributed by atoms with Gasteiger partial charge in [0.2, 0.25) is 5.91 Å². The second-order valence-corrected chi connectivity index (χ2v) is 3.80. The van der Waals surface area contributed by atoms with Gasteiger partial charge in [0.15, 0.2) is 0 Å². The molecule has 1 amide bonds. The molecule has 0 aliphatic carbocycles. The van der Waals surface area contributed by atoms with Gasteiger partial charge < -0.3 is 11.1 Å². The molecule has 0 aliphatic rings. The lowest BCUT2D eigenvalue weighted by atomic mass is 10.4. The third-order valence-electron chi connectivity index (χ3n) is 1.73. The predicted octanol–water partition coefficient (Wildman–Crippen LogP) is 1.09. The van der Waals surface area contributed by atoms with Crippen LogP contribution in [0.2, 0.25) is 0 Å². The summed E-state index contributed by atoms with van der Waals surface area (Å²) in [4.78, 5) is 18.9. The number of anilines is 1. The molecule has 1 aromatic rings. The number of nitrogens with one attached hydrogen (secondary N) is 1. The topological polar surface area (TPSA) is 80.9 Å². The summed E-state index contributed by atoms with van der Waals surface area (Å²) in [7, 11) is 0. The first-order chi connectivity index (χ1) is 7.11. The molecule has 0 unspecified atom stereocenters. The van der Waals surface area contributed by atoms with Crippen LogP contribution in [-0.4, -0.2) is 22.4 Å². The lowest BCUT2D eigenvalue weighted by molar-refractivity contribution is -0.117. The Morgan fingerprint density at radius 3 is 2.93 bits per heavy atom. The zero-order valence-corrected chi connectivity index (χ0v) is 10.0. The van der Waals surface area contributed by atoms with Gasteiger partial charge in [-0.25, -0.2) is 9.97 Å². The van der Waals surface area contributed by atoms with Crippen LogP contribution in [0.4, 0.5) is 5.82 Å². The quantitative estimate of drug-likeness (QED) is 0.787. The SMILES string of the molecule is CCc1nc(Br)cc(NCCC(N)=O)n1. The summed E-state index contributed by atoms with van der Waals surface area (Å²) in [6, 6.07) is 1.76. The van der Waals surface area contributed by atoms with Gasteiger partial charge in [0, 0.05) is 25.5 Å². The first-order valence-corrected chi connectivity index (χ1v) is 5.46. The number of hydrogen-bond donors (Lipinski definition) is 2. The molecule has 6 heteroatoms. The minimum absolute atomic E-state index is 0.295. The summed E-state index contributed by atoms with van der Waals surface area (Å²) in [6.07, 6.45) is 1.06. The molecule has 5 nitrogen and oxygen atoms in total. The predicted molar refractivity (Wildman–Crippen MR) is 61.4 cm³/mol. The number of primary amides is 1. The van der Waals surface area contributed by atoms with E-state index in [2.05, 4.69) is 31.2 Å². The average Bonchev–Trinajstić information content (AvgIpc) is 2.16. The van der Waals surface area contributed by atoms with Crippen molar-refractivity contribution in [3.8, 4) is 0 Å². The van der Waals surface area contributed by atoms with Gasteiger partial charge in [-0.2, -0.15) is 0 Å². The highest BCUT2D eigenvalue weighted by Crippen LogP contribution is 2.12. The zero-order valence-electron chi connectivity index (χ0n) is 8.46. The molecule has 15 heavy (non-hydrogen) atoms. The van der Waals surface area contributed by atoms with Crippen LogP contribution in [0.15, 0.2) is 10.7 Å². The summed E-state index contributed by atoms with van der Waals surface area (Å²) in [6.45, 7) is 2.47. The maximum atomic E-state index is 10.5. The highest BCUT2D eigenvalue weighted by molar-refractivity contribution is 9.10. The minimum Gasteiger partial charge on any atom is -0.370 e. The molecule has 0 spiro atoms. The van der Waals surface area contributed by atoms with E-state index in [9.17, 15) is 4.79 Å². The van der Waals surface area contributed by atoms with Crippen molar-refractivity contribution in [1.29, 1.82) is 0 Å². The second-order valence-electron chi connectivity index (χ2n) is 2.99. The van der Waals surface area contributed by atoms with Crippen LogP contribution in [0.3, 0.4) is 0 Å². The largest absolute Gasteiger partial charge is 0.370 e. The Kier molecular flexibility index (Phi) is 4.48. The minimum atomic E-state index is -0.327. The van der Waals surface area contributed by atoms with Crippen LogP contribution in [0.5, 0.6) is 0 Å². The Bertz CT molecular complexity index is 356. The van der Waals surface area contributed by atoms with Crippen molar-refractivity contribution >= 4 is 27.7 Å². The molecule has 82 valence electrons. The van der Waals surface area contributed by atoms with Crippen molar-refractivity contribution in [2.24, 2.45) is 5.73 Å². The van der Waals surface area contributed by atoms with Gasteiger partial charge in [0.25, 0.3) is 0 Å². The number of rotatable bonds is 5. The Morgan fingerprint density at radius 2 is 2.33 bits per heavy atom. The molecule has 0 radical (unpaired) electrons. The first-order valence-electron chi connectivity index (χ1n) is 4.67. The van der Waals surface area contributed by atoms with Crippen LogP contribution >= 0.6 is 15.9 Å². The Labute approximate surface area is 96.6 Å². The molecule has 0 saturated heterocycles. The van der Waals surface area contributed by atoms with E-state index in [4.69, 9.17) is 5.73 Å². The highest BCUT2D eigenvalue weighted by Gasteiger charge is 2.01. The van der Waals surface area contributed by atoms with Crippen LogP contribution < -0.4 is 11.1 Å². The molecule has 1 aromatic heterocycles. The van der Waals surface area contributed by atoms with E-state index in [1.54, 1.807) is 6.07 Å². The number of hydrogen-bond acceptors (Lipinski definition) is 4. The first kappa shape index (κ1) is 11.9. The number of nitrogens with two attached hydrogens (primary N) is 1. The number of aryl methyl sites for hydroxylation is 1. The lowest BCUT2D eigenvalue weighted by Crippen LogP contribution is -2.16. The van der Waals surface area contributed by atoms with E-state index in [1.807, 2.05) is 6.92 Å². The van der Waals surface area contributed by atoms with Crippen molar-refractivity contribution in [2.45, 2.75) is 19.8 Å². The van der Waals surface area contributed by atoms with Gasteiger partial charge in [-0.1, -0.05) is 6.92 Å². The molecular formula is C9H13BrN4O. The highest BCUT2D eigenvalue weighted by atomic mass is 79.9. The molecule has 1 rings (SSSR count). The fourth-order valence-corrected chi connectivity index (χ4v) is 1.45. The molecule has 0 aromatic carbocycles. The van der Waals surface area contributed by atoms with Crippen molar-refractivity contribution in [3.63, 3.8) is 0 Å². The van der Waals surface area contributed by atoms with Gasteiger partial charge in [-0.15, -0.1) is 0 Å². The molecule has 0 aliphatic heterocycles. The molecule has 0 atom stereocenters. The number of nitrogens with zero attached hydrogens (tertiary/aromatic N) is 2. The second kappa shape index (κ2) is 5.65. The fourth-order valence-electron chi connectivity index (χ4n) is 1.03.